The Labute approximate surface area is 75.6 Å². The summed E-state index contributed by atoms with van der Waals surface area (Å²) in [6.45, 7) is 2.21. The molecule has 3 unspecified atom stereocenters. The zero-order chi connectivity index (χ0) is 9.14. The highest BCUT2D eigenvalue weighted by molar-refractivity contribution is 4.81. The SMILES string of the molecule is CC(C1CCCCC1O)N(C)C. The Balaban J connectivity index is 2.47. The molecule has 0 aromatic carbocycles. The summed E-state index contributed by atoms with van der Waals surface area (Å²) >= 11 is 0. The number of rotatable bonds is 2. The van der Waals surface area contributed by atoms with Crippen molar-refractivity contribution >= 4 is 0 Å². The van der Waals surface area contributed by atoms with Gasteiger partial charge in [-0.05, 0) is 33.9 Å². The van der Waals surface area contributed by atoms with Crippen LogP contribution >= 0.6 is 0 Å². The average Bonchev–Trinajstić information content (AvgIpc) is 2.04. The molecule has 72 valence electrons. The molecule has 1 N–H and O–H groups in total. The van der Waals surface area contributed by atoms with Crippen molar-refractivity contribution in [1.82, 2.24) is 4.90 Å². The fourth-order valence-corrected chi connectivity index (χ4v) is 2.09. The topological polar surface area (TPSA) is 23.5 Å². The molecular formula is C10H21NO. The molecule has 12 heavy (non-hydrogen) atoms. The lowest BCUT2D eigenvalue weighted by Crippen LogP contribution is -2.40. The van der Waals surface area contributed by atoms with Crippen LogP contribution in [-0.2, 0) is 0 Å². The van der Waals surface area contributed by atoms with Gasteiger partial charge in [-0.2, -0.15) is 0 Å². The van der Waals surface area contributed by atoms with Crippen molar-refractivity contribution in [3.05, 3.63) is 0 Å². The van der Waals surface area contributed by atoms with Gasteiger partial charge in [-0.25, -0.2) is 0 Å². The van der Waals surface area contributed by atoms with Gasteiger partial charge in [0.1, 0.15) is 0 Å². The van der Waals surface area contributed by atoms with E-state index < -0.39 is 0 Å². The molecule has 1 rings (SSSR count). The first-order valence-electron chi connectivity index (χ1n) is 4.97. The third-order valence-electron chi connectivity index (χ3n) is 3.22. The van der Waals surface area contributed by atoms with Crippen LogP contribution in [0, 0.1) is 5.92 Å². The maximum absolute atomic E-state index is 9.76. The number of hydrogen-bond donors (Lipinski definition) is 1. The fourth-order valence-electron chi connectivity index (χ4n) is 2.09. The molecule has 0 saturated heterocycles. The second-order valence-electron chi connectivity index (χ2n) is 4.22. The van der Waals surface area contributed by atoms with Crippen molar-refractivity contribution in [3.8, 4) is 0 Å². The van der Waals surface area contributed by atoms with E-state index in [0.717, 1.165) is 6.42 Å². The minimum atomic E-state index is -0.0591. The van der Waals surface area contributed by atoms with E-state index in [1.807, 2.05) is 0 Å². The van der Waals surface area contributed by atoms with Crippen molar-refractivity contribution < 1.29 is 5.11 Å². The van der Waals surface area contributed by atoms with Gasteiger partial charge in [0.25, 0.3) is 0 Å². The summed E-state index contributed by atoms with van der Waals surface area (Å²) in [7, 11) is 4.18. The number of aliphatic hydroxyl groups is 1. The van der Waals surface area contributed by atoms with Gasteiger partial charge in [-0.1, -0.05) is 12.8 Å². The Bertz CT molecular complexity index is 136. The first-order chi connectivity index (χ1) is 5.63. The summed E-state index contributed by atoms with van der Waals surface area (Å²) in [5.74, 6) is 0.494. The minimum Gasteiger partial charge on any atom is -0.393 e. The molecule has 1 aliphatic carbocycles. The van der Waals surface area contributed by atoms with E-state index in [1.54, 1.807) is 0 Å². The van der Waals surface area contributed by atoms with Crippen molar-refractivity contribution in [1.29, 1.82) is 0 Å². The van der Waals surface area contributed by atoms with E-state index in [4.69, 9.17) is 0 Å². The average molecular weight is 171 g/mol. The summed E-state index contributed by atoms with van der Waals surface area (Å²) in [6, 6.07) is 0.514. The molecule has 0 spiro atoms. The maximum atomic E-state index is 9.76. The lowest BCUT2D eigenvalue weighted by atomic mass is 9.82. The van der Waals surface area contributed by atoms with Gasteiger partial charge in [0.2, 0.25) is 0 Å². The Hall–Kier alpha value is -0.0800. The third-order valence-corrected chi connectivity index (χ3v) is 3.22. The molecule has 2 heteroatoms. The second-order valence-corrected chi connectivity index (χ2v) is 4.22. The summed E-state index contributed by atoms with van der Waals surface area (Å²) in [6.07, 6.45) is 4.64. The molecule has 0 aromatic rings. The molecule has 1 aliphatic rings. The van der Waals surface area contributed by atoms with Crippen molar-refractivity contribution in [3.63, 3.8) is 0 Å². The predicted octanol–water partition coefficient (Wildman–Crippen LogP) is 1.49. The smallest absolute Gasteiger partial charge is 0.0583 e. The fraction of sp³-hybridized carbons (Fsp3) is 1.00. The molecule has 1 saturated carbocycles. The lowest BCUT2D eigenvalue weighted by molar-refractivity contribution is 0.0285. The van der Waals surface area contributed by atoms with Crippen molar-refractivity contribution in [2.75, 3.05) is 14.1 Å². The summed E-state index contributed by atoms with van der Waals surface area (Å²) < 4.78 is 0. The quantitative estimate of drug-likeness (QED) is 0.680. The molecule has 0 aliphatic heterocycles. The Morgan fingerprint density at radius 3 is 2.33 bits per heavy atom. The molecule has 2 nitrogen and oxygen atoms in total. The van der Waals surface area contributed by atoms with Crippen LogP contribution in [0.15, 0.2) is 0 Å². The summed E-state index contributed by atoms with van der Waals surface area (Å²) in [5.41, 5.74) is 0. The number of nitrogens with zero attached hydrogens (tertiary/aromatic N) is 1. The van der Waals surface area contributed by atoms with Crippen LogP contribution in [0.25, 0.3) is 0 Å². The van der Waals surface area contributed by atoms with Gasteiger partial charge in [0, 0.05) is 12.0 Å². The van der Waals surface area contributed by atoms with E-state index in [9.17, 15) is 5.11 Å². The van der Waals surface area contributed by atoms with Crippen LogP contribution in [0.3, 0.4) is 0 Å². The molecule has 0 radical (unpaired) electrons. The van der Waals surface area contributed by atoms with Crippen LogP contribution in [0.2, 0.25) is 0 Å². The van der Waals surface area contributed by atoms with Gasteiger partial charge in [0.05, 0.1) is 6.10 Å². The van der Waals surface area contributed by atoms with Gasteiger partial charge < -0.3 is 10.0 Å². The predicted molar refractivity (Wildman–Crippen MR) is 51.1 cm³/mol. The van der Waals surface area contributed by atoms with Crippen LogP contribution in [0.5, 0.6) is 0 Å². The molecule has 0 amide bonds. The van der Waals surface area contributed by atoms with Crippen molar-refractivity contribution in [2.24, 2.45) is 5.92 Å². The van der Waals surface area contributed by atoms with Crippen LogP contribution < -0.4 is 0 Å². The molecule has 3 atom stereocenters. The largest absolute Gasteiger partial charge is 0.393 e. The van der Waals surface area contributed by atoms with Gasteiger partial charge in [0.15, 0.2) is 0 Å². The standard InChI is InChI=1S/C10H21NO/c1-8(11(2)3)9-6-4-5-7-10(9)12/h8-10,12H,4-7H2,1-3H3. The van der Waals surface area contributed by atoms with Gasteiger partial charge in [-0.3, -0.25) is 0 Å². The number of aliphatic hydroxyl groups excluding tert-OH is 1. The molecule has 0 aromatic heterocycles. The van der Waals surface area contributed by atoms with Gasteiger partial charge >= 0.3 is 0 Å². The normalized spacial score (nSPS) is 33.8. The third kappa shape index (κ3) is 2.20. The lowest BCUT2D eigenvalue weighted by Gasteiger charge is -2.35. The highest BCUT2D eigenvalue weighted by Gasteiger charge is 2.28. The van der Waals surface area contributed by atoms with Crippen LogP contribution in [0.1, 0.15) is 32.6 Å². The zero-order valence-corrected chi connectivity index (χ0v) is 8.45. The summed E-state index contributed by atoms with van der Waals surface area (Å²) in [5, 5.41) is 9.76. The van der Waals surface area contributed by atoms with Crippen molar-refractivity contribution in [2.45, 2.75) is 44.8 Å². The Kier molecular flexibility index (Phi) is 3.53. The van der Waals surface area contributed by atoms with Gasteiger partial charge in [-0.15, -0.1) is 0 Å². The highest BCUT2D eigenvalue weighted by atomic mass is 16.3. The first-order valence-corrected chi connectivity index (χ1v) is 4.97. The highest BCUT2D eigenvalue weighted by Crippen LogP contribution is 2.28. The van der Waals surface area contributed by atoms with Crippen LogP contribution in [0.4, 0.5) is 0 Å². The first kappa shape index (κ1) is 10.0. The zero-order valence-electron chi connectivity index (χ0n) is 8.45. The van der Waals surface area contributed by atoms with E-state index in [1.165, 1.54) is 19.3 Å². The summed E-state index contributed by atoms with van der Waals surface area (Å²) in [4.78, 5) is 2.21. The van der Waals surface area contributed by atoms with E-state index in [0.29, 0.717) is 12.0 Å². The van der Waals surface area contributed by atoms with E-state index in [2.05, 4.69) is 25.9 Å². The second kappa shape index (κ2) is 4.24. The Morgan fingerprint density at radius 2 is 1.83 bits per heavy atom. The molecular weight excluding hydrogens is 150 g/mol. The molecule has 0 heterocycles. The maximum Gasteiger partial charge on any atom is 0.0583 e. The molecule has 1 fully saturated rings. The van der Waals surface area contributed by atoms with Crippen LogP contribution in [-0.4, -0.2) is 36.2 Å². The Morgan fingerprint density at radius 1 is 1.25 bits per heavy atom. The van der Waals surface area contributed by atoms with E-state index >= 15 is 0 Å². The molecule has 0 bridgehead atoms. The minimum absolute atomic E-state index is 0.0591. The monoisotopic (exact) mass is 171 g/mol. The number of hydrogen-bond acceptors (Lipinski definition) is 2. The van der Waals surface area contributed by atoms with E-state index in [-0.39, 0.29) is 6.10 Å².